The summed E-state index contributed by atoms with van der Waals surface area (Å²) in [6.07, 6.45) is 0. The molecule has 5 nitrogen and oxygen atoms in total. The zero-order valence-electron chi connectivity index (χ0n) is 5.25. The van der Waals surface area contributed by atoms with Gasteiger partial charge in [0.05, 0.1) is 5.51 Å². The second-order valence-corrected chi connectivity index (χ2v) is 2.79. The van der Waals surface area contributed by atoms with E-state index < -0.39 is 0 Å². The molecule has 6 heteroatoms. The predicted molar refractivity (Wildman–Crippen MR) is 40.9 cm³/mol. The van der Waals surface area contributed by atoms with Crippen LogP contribution in [0.4, 0.5) is 0 Å². The monoisotopic (exact) mass is 169 g/mol. The van der Waals surface area contributed by atoms with Gasteiger partial charge in [-0.25, -0.2) is 4.98 Å². The van der Waals surface area contributed by atoms with Gasteiger partial charge in [-0.2, -0.15) is 0 Å². The molecule has 0 spiro atoms. The maximum absolute atomic E-state index is 10.9. The van der Waals surface area contributed by atoms with E-state index in [0.29, 0.717) is 4.70 Å². The molecule has 2 aromatic rings. The minimum atomic E-state index is -0.360. The van der Waals surface area contributed by atoms with Crippen molar-refractivity contribution in [3.05, 3.63) is 26.2 Å². The van der Waals surface area contributed by atoms with E-state index in [1.807, 2.05) is 0 Å². The molecule has 2 N–H and O–H groups in total. The first kappa shape index (κ1) is 6.29. The summed E-state index contributed by atoms with van der Waals surface area (Å²) in [6.45, 7) is 0. The van der Waals surface area contributed by atoms with Gasteiger partial charge >= 0.3 is 0 Å². The Kier molecular flexibility index (Phi) is 1.16. The first-order valence-corrected chi connectivity index (χ1v) is 3.71. The van der Waals surface area contributed by atoms with Gasteiger partial charge in [0, 0.05) is 0 Å². The number of hydrogen-bond donors (Lipinski definition) is 2. The smallest absolute Gasteiger partial charge is 0.266 e. The number of nitrogens with one attached hydrogen (secondary N) is 2. The molecule has 0 aliphatic heterocycles. The lowest BCUT2D eigenvalue weighted by atomic mass is 10.5. The lowest BCUT2D eigenvalue weighted by Gasteiger charge is -1.82. The zero-order chi connectivity index (χ0) is 7.84. The van der Waals surface area contributed by atoms with Crippen molar-refractivity contribution in [2.45, 2.75) is 0 Å². The van der Waals surface area contributed by atoms with Crippen molar-refractivity contribution in [3.63, 3.8) is 0 Å². The van der Waals surface area contributed by atoms with Gasteiger partial charge in [0.2, 0.25) is 0 Å². The number of thiazole rings is 1. The topological polar surface area (TPSA) is 78.6 Å². The molecular formula is C5H3N3O2S. The summed E-state index contributed by atoms with van der Waals surface area (Å²) in [6, 6.07) is 0. The largest absolute Gasteiger partial charge is 0.289 e. The van der Waals surface area contributed by atoms with Crippen LogP contribution in [0.5, 0.6) is 0 Å². The molecule has 0 aliphatic rings. The third kappa shape index (κ3) is 0.795. The van der Waals surface area contributed by atoms with Gasteiger partial charge in [0.25, 0.3) is 11.1 Å². The third-order valence-electron chi connectivity index (χ3n) is 1.28. The van der Waals surface area contributed by atoms with Gasteiger partial charge in [0.1, 0.15) is 4.70 Å². The fraction of sp³-hybridized carbons (Fsp3) is 0. The van der Waals surface area contributed by atoms with E-state index in [9.17, 15) is 9.59 Å². The Labute approximate surface area is 63.7 Å². The quantitative estimate of drug-likeness (QED) is 0.567. The van der Waals surface area contributed by atoms with Crippen LogP contribution in [0.3, 0.4) is 0 Å². The summed E-state index contributed by atoms with van der Waals surface area (Å²) in [5.41, 5.74) is 1.01. The van der Waals surface area contributed by atoms with Crippen LogP contribution in [-0.2, 0) is 0 Å². The van der Waals surface area contributed by atoms with Crippen molar-refractivity contribution in [2.75, 3.05) is 0 Å². The lowest BCUT2D eigenvalue weighted by Crippen LogP contribution is -2.17. The molecule has 0 bridgehead atoms. The molecular weight excluding hydrogens is 166 g/mol. The summed E-state index contributed by atoms with van der Waals surface area (Å²) in [7, 11) is 0. The highest BCUT2D eigenvalue weighted by atomic mass is 32.1. The molecule has 0 atom stereocenters. The minimum absolute atomic E-state index is 0.207. The van der Waals surface area contributed by atoms with Gasteiger partial charge in [-0.15, -0.1) is 11.3 Å². The number of hydrogen-bond acceptors (Lipinski definition) is 4. The molecule has 0 amide bonds. The standard InChI is InChI=1S/C5H3N3O2S/c9-4-2-3(11-1-6-2)5(10)8-7-4/h1H,(H,7,9)(H,8,10). The molecule has 2 heterocycles. The fourth-order valence-electron chi connectivity index (χ4n) is 0.798. The maximum Gasteiger partial charge on any atom is 0.289 e. The number of aromatic nitrogens is 3. The Morgan fingerprint density at radius 1 is 1.27 bits per heavy atom. The molecule has 2 aromatic heterocycles. The van der Waals surface area contributed by atoms with Crippen LogP contribution in [0.15, 0.2) is 15.1 Å². The first-order chi connectivity index (χ1) is 5.29. The summed E-state index contributed by atoms with van der Waals surface area (Å²) in [5, 5.41) is 4.39. The Morgan fingerprint density at radius 3 is 2.73 bits per heavy atom. The Hall–Kier alpha value is -1.43. The average Bonchev–Trinajstić information content (AvgIpc) is 2.45. The summed E-state index contributed by atoms with van der Waals surface area (Å²) >= 11 is 1.15. The molecule has 0 unspecified atom stereocenters. The Bertz CT molecular complexity index is 450. The summed E-state index contributed by atoms with van der Waals surface area (Å²) < 4.78 is 0.369. The molecule has 2 rings (SSSR count). The van der Waals surface area contributed by atoms with E-state index in [1.54, 1.807) is 0 Å². The van der Waals surface area contributed by atoms with Crippen LogP contribution < -0.4 is 11.1 Å². The van der Waals surface area contributed by atoms with Gasteiger partial charge in [0.15, 0.2) is 5.52 Å². The molecule has 0 radical (unpaired) electrons. The van der Waals surface area contributed by atoms with Crippen molar-refractivity contribution in [1.82, 2.24) is 15.2 Å². The number of fused-ring (bicyclic) bond motifs is 1. The fourth-order valence-corrected chi connectivity index (χ4v) is 1.48. The van der Waals surface area contributed by atoms with Crippen LogP contribution in [0, 0.1) is 0 Å². The Balaban J connectivity index is 3.21. The normalized spacial score (nSPS) is 10.5. The number of nitrogens with zero attached hydrogens (tertiary/aromatic N) is 1. The van der Waals surface area contributed by atoms with Crippen LogP contribution in [-0.4, -0.2) is 15.2 Å². The molecule has 0 aromatic carbocycles. The zero-order valence-corrected chi connectivity index (χ0v) is 6.07. The highest BCUT2D eigenvalue weighted by Crippen LogP contribution is 2.05. The van der Waals surface area contributed by atoms with Crippen molar-refractivity contribution in [2.24, 2.45) is 0 Å². The van der Waals surface area contributed by atoms with Crippen molar-refractivity contribution in [1.29, 1.82) is 0 Å². The average molecular weight is 169 g/mol. The van der Waals surface area contributed by atoms with Gasteiger partial charge in [-0.1, -0.05) is 0 Å². The van der Waals surface area contributed by atoms with E-state index in [4.69, 9.17) is 0 Å². The molecule has 0 fully saturated rings. The minimum Gasteiger partial charge on any atom is -0.266 e. The molecule has 0 saturated carbocycles. The highest BCUT2D eigenvalue weighted by Gasteiger charge is 2.03. The van der Waals surface area contributed by atoms with Crippen LogP contribution in [0.25, 0.3) is 10.2 Å². The lowest BCUT2D eigenvalue weighted by molar-refractivity contribution is 0.975. The van der Waals surface area contributed by atoms with Crippen LogP contribution in [0.2, 0.25) is 0 Å². The van der Waals surface area contributed by atoms with Gasteiger partial charge < -0.3 is 0 Å². The molecule has 11 heavy (non-hydrogen) atoms. The first-order valence-electron chi connectivity index (χ1n) is 2.83. The molecule has 56 valence electrons. The third-order valence-corrected chi connectivity index (χ3v) is 2.10. The van der Waals surface area contributed by atoms with Gasteiger partial charge in [-0.3, -0.25) is 19.8 Å². The van der Waals surface area contributed by atoms with Crippen molar-refractivity contribution < 1.29 is 0 Å². The van der Waals surface area contributed by atoms with E-state index in [2.05, 4.69) is 15.2 Å². The van der Waals surface area contributed by atoms with Crippen LogP contribution in [0.1, 0.15) is 0 Å². The SMILES string of the molecule is O=c1[nH][nH]c(=O)c2scnc12. The maximum atomic E-state index is 10.9. The van der Waals surface area contributed by atoms with Crippen molar-refractivity contribution in [3.8, 4) is 0 Å². The molecule has 0 saturated heterocycles. The molecule has 0 aliphatic carbocycles. The number of rotatable bonds is 0. The van der Waals surface area contributed by atoms with E-state index >= 15 is 0 Å². The summed E-state index contributed by atoms with van der Waals surface area (Å²) in [4.78, 5) is 25.6. The van der Waals surface area contributed by atoms with Gasteiger partial charge in [-0.05, 0) is 0 Å². The van der Waals surface area contributed by atoms with E-state index in [1.165, 1.54) is 5.51 Å². The summed E-state index contributed by atoms with van der Waals surface area (Å²) in [5.74, 6) is 0. The second kappa shape index (κ2) is 2.03. The van der Waals surface area contributed by atoms with Crippen LogP contribution >= 0.6 is 11.3 Å². The predicted octanol–water partition coefficient (Wildman–Crippen LogP) is -0.327. The second-order valence-electron chi connectivity index (χ2n) is 1.94. The Morgan fingerprint density at radius 2 is 2.00 bits per heavy atom. The number of aromatic amines is 2. The highest BCUT2D eigenvalue weighted by molar-refractivity contribution is 7.16. The number of H-pyrrole nitrogens is 2. The van der Waals surface area contributed by atoms with E-state index in [0.717, 1.165) is 11.3 Å². The van der Waals surface area contributed by atoms with Crippen molar-refractivity contribution >= 4 is 21.6 Å². The van der Waals surface area contributed by atoms with E-state index in [-0.39, 0.29) is 16.6 Å².